The van der Waals surface area contributed by atoms with Gasteiger partial charge in [-0.15, -0.1) is 0 Å². The normalized spacial score (nSPS) is 26.6. The van der Waals surface area contributed by atoms with E-state index < -0.39 is 0 Å². The lowest BCUT2D eigenvalue weighted by Crippen LogP contribution is -2.56. The van der Waals surface area contributed by atoms with Crippen LogP contribution in [0, 0.1) is 0 Å². The SMILES string of the molecule is C1CCCCCC1.CC.CC(C)N1CC2CCC(C1)N2c1ncc(C2CCNCC2)cn1. The maximum absolute atomic E-state index is 4.76. The Morgan fingerprint density at radius 3 is 1.69 bits per heavy atom. The first-order chi connectivity index (χ1) is 15.7. The van der Waals surface area contributed by atoms with Crippen molar-refractivity contribution in [2.45, 2.75) is 122 Å². The van der Waals surface area contributed by atoms with Crippen molar-refractivity contribution in [1.82, 2.24) is 20.2 Å². The van der Waals surface area contributed by atoms with Gasteiger partial charge in [-0.3, -0.25) is 4.90 Å². The van der Waals surface area contributed by atoms with Crippen molar-refractivity contribution in [3.8, 4) is 0 Å². The average molecular weight is 444 g/mol. The van der Waals surface area contributed by atoms with E-state index in [9.17, 15) is 0 Å². The molecule has 1 N–H and O–H groups in total. The van der Waals surface area contributed by atoms with E-state index >= 15 is 0 Å². The first-order valence-electron chi connectivity index (χ1n) is 13.8. The molecule has 0 amide bonds. The summed E-state index contributed by atoms with van der Waals surface area (Å²) in [6, 6.07) is 1.84. The Balaban J connectivity index is 0.000000272. The summed E-state index contributed by atoms with van der Waals surface area (Å²) in [6.07, 6.45) is 19.7. The number of nitrogens with zero attached hydrogens (tertiary/aromatic N) is 4. The van der Waals surface area contributed by atoms with Crippen molar-refractivity contribution in [3.63, 3.8) is 0 Å². The average Bonchev–Trinajstić information content (AvgIpc) is 3.06. The molecule has 2 bridgehead atoms. The lowest BCUT2D eigenvalue weighted by molar-refractivity contribution is 0.176. The second-order valence-electron chi connectivity index (χ2n) is 10.2. The van der Waals surface area contributed by atoms with Crippen LogP contribution in [0.15, 0.2) is 12.4 Å². The highest BCUT2D eigenvalue weighted by atomic mass is 15.4. The van der Waals surface area contributed by atoms with Gasteiger partial charge in [0.25, 0.3) is 0 Å². The Kier molecular flexibility index (Phi) is 10.7. The molecule has 0 aromatic carbocycles. The molecule has 5 heteroatoms. The summed E-state index contributed by atoms with van der Waals surface area (Å²) in [7, 11) is 0. The van der Waals surface area contributed by atoms with Gasteiger partial charge in [0.15, 0.2) is 0 Å². The number of rotatable bonds is 3. The zero-order valence-corrected chi connectivity index (χ0v) is 21.4. The van der Waals surface area contributed by atoms with E-state index in [4.69, 9.17) is 9.97 Å². The molecule has 4 fully saturated rings. The highest BCUT2D eigenvalue weighted by molar-refractivity contribution is 5.38. The van der Waals surface area contributed by atoms with Gasteiger partial charge in [0, 0.05) is 43.6 Å². The van der Waals surface area contributed by atoms with Gasteiger partial charge in [-0.05, 0) is 64.1 Å². The van der Waals surface area contributed by atoms with Crippen LogP contribution >= 0.6 is 0 Å². The van der Waals surface area contributed by atoms with Crippen LogP contribution in [0.2, 0.25) is 0 Å². The number of piperidine rings is 1. The highest BCUT2D eigenvalue weighted by Crippen LogP contribution is 2.34. The summed E-state index contributed by atoms with van der Waals surface area (Å²) in [5.74, 6) is 1.60. The Morgan fingerprint density at radius 1 is 0.781 bits per heavy atom. The molecule has 1 aromatic rings. The quantitative estimate of drug-likeness (QED) is 0.602. The third-order valence-corrected chi connectivity index (χ3v) is 7.69. The van der Waals surface area contributed by atoms with Crippen molar-refractivity contribution in [2.24, 2.45) is 0 Å². The topological polar surface area (TPSA) is 44.3 Å². The number of nitrogens with one attached hydrogen (secondary N) is 1. The largest absolute Gasteiger partial charge is 0.332 e. The second-order valence-corrected chi connectivity index (χ2v) is 10.2. The van der Waals surface area contributed by atoms with E-state index in [0.717, 1.165) is 32.1 Å². The molecule has 1 aromatic heterocycles. The first kappa shape index (κ1) is 25.4. The van der Waals surface area contributed by atoms with Gasteiger partial charge >= 0.3 is 0 Å². The summed E-state index contributed by atoms with van der Waals surface area (Å²) in [4.78, 5) is 14.6. The van der Waals surface area contributed by atoms with Gasteiger partial charge in [0.1, 0.15) is 0 Å². The lowest BCUT2D eigenvalue weighted by Gasteiger charge is -2.42. The predicted octanol–water partition coefficient (Wildman–Crippen LogP) is 5.76. The Labute approximate surface area is 197 Å². The number of hydrogen-bond donors (Lipinski definition) is 1. The maximum atomic E-state index is 4.76. The van der Waals surface area contributed by atoms with Gasteiger partial charge in [0.2, 0.25) is 5.95 Å². The molecular formula is C27H49N5. The van der Waals surface area contributed by atoms with Crippen LogP contribution in [0.25, 0.3) is 0 Å². The summed E-state index contributed by atoms with van der Waals surface area (Å²) < 4.78 is 0. The van der Waals surface area contributed by atoms with E-state index in [1.165, 1.54) is 76.2 Å². The monoisotopic (exact) mass is 443 g/mol. The molecule has 4 heterocycles. The Hall–Kier alpha value is -1.20. The van der Waals surface area contributed by atoms with Crippen LogP contribution < -0.4 is 10.2 Å². The maximum Gasteiger partial charge on any atom is 0.225 e. The number of fused-ring (bicyclic) bond motifs is 2. The van der Waals surface area contributed by atoms with Crippen LogP contribution in [-0.2, 0) is 0 Å². The second kappa shape index (κ2) is 13.5. The van der Waals surface area contributed by atoms with Crippen molar-refractivity contribution in [1.29, 1.82) is 0 Å². The van der Waals surface area contributed by atoms with Crippen molar-refractivity contribution < 1.29 is 0 Å². The molecule has 2 atom stereocenters. The third-order valence-electron chi connectivity index (χ3n) is 7.69. The molecule has 0 spiro atoms. The lowest BCUT2D eigenvalue weighted by atomic mass is 9.92. The van der Waals surface area contributed by atoms with E-state index in [0.29, 0.717) is 24.0 Å². The van der Waals surface area contributed by atoms with Crippen LogP contribution in [0.4, 0.5) is 5.95 Å². The van der Waals surface area contributed by atoms with Crippen LogP contribution in [0.1, 0.15) is 110 Å². The fourth-order valence-corrected chi connectivity index (χ4v) is 5.75. The zero-order chi connectivity index (χ0) is 22.8. The zero-order valence-electron chi connectivity index (χ0n) is 21.4. The van der Waals surface area contributed by atoms with E-state index in [2.05, 4.69) is 41.4 Å². The Morgan fingerprint density at radius 2 is 1.25 bits per heavy atom. The molecule has 1 saturated carbocycles. The molecular weight excluding hydrogens is 394 g/mol. The number of likely N-dealkylation sites (tertiary alicyclic amines) is 1. The minimum absolute atomic E-state index is 0.598. The Bertz CT molecular complexity index is 592. The van der Waals surface area contributed by atoms with Gasteiger partial charge in [0.05, 0.1) is 0 Å². The van der Waals surface area contributed by atoms with Crippen LogP contribution in [-0.4, -0.2) is 59.2 Å². The molecule has 5 rings (SSSR count). The molecule has 182 valence electrons. The number of piperazine rings is 1. The highest BCUT2D eigenvalue weighted by Gasteiger charge is 2.41. The summed E-state index contributed by atoms with van der Waals surface area (Å²) in [5.41, 5.74) is 1.32. The standard InChI is InChI=1S/C18H29N5.C7H14.C2H6/c1-13(2)22-11-16-3-4-17(12-22)23(16)18-20-9-15(10-21-18)14-5-7-19-8-6-14;1-2-4-6-7-5-3-1;1-2/h9-10,13-14,16-17,19H,3-8,11-12H2,1-2H3;1-7H2;1-2H3. The van der Waals surface area contributed by atoms with Gasteiger partial charge in [-0.25, -0.2) is 9.97 Å². The fourth-order valence-electron chi connectivity index (χ4n) is 5.75. The van der Waals surface area contributed by atoms with E-state index in [-0.39, 0.29) is 0 Å². The third kappa shape index (κ3) is 6.90. The first-order valence-corrected chi connectivity index (χ1v) is 13.8. The fraction of sp³-hybridized carbons (Fsp3) is 0.852. The molecule has 32 heavy (non-hydrogen) atoms. The minimum Gasteiger partial charge on any atom is -0.332 e. The van der Waals surface area contributed by atoms with Crippen molar-refractivity contribution >= 4 is 5.95 Å². The summed E-state index contributed by atoms with van der Waals surface area (Å²) in [5, 5.41) is 3.43. The molecule has 1 aliphatic carbocycles. The molecule has 2 unspecified atom stereocenters. The summed E-state index contributed by atoms with van der Waals surface area (Å²) in [6.45, 7) is 13.2. The van der Waals surface area contributed by atoms with E-state index in [1.807, 2.05) is 13.8 Å². The van der Waals surface area contributed by atoms with Crippen molar-refractivity contribution in [2.75, 3.05) is 31.1 Å². The minimum atomic E-state index is 0.598. The van der Waals surface area contributed by atoms with Crippen LogP contribution in [0.3, 0.4) is 0 Å². The van der Waals surface area contributed by atoms with Crippen molar-refractivity contribution in [3.05, 3.63) is 18.0 Å². The molecule has 4 aliphatic rings. The number of aromatic nitrogens is 2. The molecule has 3 saturated heterocycles. The van der Waals surface area contributed by atoms with Crippen LogP contribution in [0.5, 0.6) is 0 Å². The summed E-state index contributed by atoms with van der Waals surface area (Å²) >= 11 is 0. The molecule has 0 radical (unpaired) electrons. The van der Waals surface area contributed by atoms with Gasteiger partial charge in [-0.2, -0.15) is 0 Å². The molecule has 5 nitrogen and oxygen atoms in total. The van der Waals surface area contributed by atoms with E-state index in [1.54, 1.807) is 0 Å². The number of anilines is 1. The smallest absolute Gasteiger partial charge is 0.225 e. The predicted molar refractivity (Wildman–Crippen MR) is 137 cm³/mol. The van der Waals surface area contributed by atoms with Gasteiger partial charge < -0.3 is 10.2 Å². The molecule has 3 aliphatic heterocycles. The number of hydrogen-bond acceptors (Lipinski definition) is 5. The van der Waals surface area contributed by atoms with Gasteiger partial charge in [-0.1, -0.05) is 58.8 Å².